The number of thiophene rings is 1. The lowest BCUT2D eigenvalue weighted by Gasteiger charge is -2.03. The molecule has 0 aliphatic rings. The van der Waals surface area contributed by atoms with Crippen LogP contribution < -0.4 is 10.6 Å². The first-order valence-electron chi connectivity index (χ1n) is 4.48. The summed E-state index contributed by atoms with van der Waals surface area (Å²) in [5, 5.41) is 5.93. The molecule has 2 N–H and O–H groups in total. The molecule has 1 amide bonds. The maximum Gasteiger partial charge on any atom is 0.216 e. The molecule has 0 fully saturated rings. The predicted molar refractivity (Wildman–Crippen MR) is 67.4 cm³/mol. The molecule has 0 radical (unpaired) electrons. The number of halogens is 2. The van der Waals surface area contributed by atoms with Crippen molar-refractivity contribution in [2.24, 2.45) is 0 Å². The molecule has 0 saturated heterocycles. The number of amides is 1. The topological polar surface area (TPSA) is 41.1 Å². The molecule has 3 nitrogen and oxygen atoms in total. The Morgan fingerprint density at radius 1 is 1.60 bits per heavy atom. The van der Waals surface area contributed by atoms with E-state index in [4.69, 9.17) is 11.6 Å². The van der Waals surface area contributed by atoms with E-state index in [-0.39, 0.29) is 5.91 Å². The Balaban J connectivity index is 2.18. The van der Waals surface area contributed by atoms with Gasteiger partial charge < -0.3 is 10.6 Å². The molecule has 0 aromatic carbocycles. The second-order valence-corrected chi connectivity index (χ2v) is 5.59. The maximum atomic E-state index is 10.6. The third-order valence-electron chi connectivity index (χ3n) is 1.67. The van der Waals surface area contributed by atoms with Gasteiger partial charge in [-0.1, -0.05) is 11.6 Å². The van der Waals surface area contributed by atoms with Gasteiger partial charge in [0.05, 0.1) is 0 Å². The van der Waals surface area contributed by atoms with Crippen LogP contribution in [0.25, 0.3) is 0 Å². The van der Waals surface area contributed by atoms with Crippen LogP contribution >= 0.6 is 38.9 Å². The van der Waals surface area contributed by atoms with Gasteiger partial charge in [-0.2, -0.15) is 0 Å². The van der Waals surface area contributed by atoms with Gasteiger partial charge in [0.1, 0.15) is 4.34 Å². The Hall–Kier alpha value is -0.100. The number of carbonyl (C=O) groups is 1. The average molecular weight is 312 g/mol. The second-order valence-electron chi connectivity index (χ2n) is 2.99. The van der Waals surface area contributed by atoms with E-state index in [1.807, 2.05) is 6.07 Å². The smallest absolute Gasteiger partial charge is 0.216 e. The molecule has 15 heavy (non-hydrogen) atoms. The minimum atomic E-state index is -0.00119. The molecule has 1 heterocycles. The third kappa shape index (κ3) is 4.97. The van der Waals surface area contributed by atoms with Gasteiger partial charge in [0.15, 0.2) is 0 Å². The van der Waals surface area contributed by atoms with E-state index in [1.165, 1.54) is 11.8 Å². The second kappa shape index (κ2) is 6.48. The molecular formula is C9H12BrClN2OS. The standard InChI is InChI=1S/C9H12BrClN2OS/c1-6(14)13-3-2-12-5-7-4-8(10)9(11)15-7/h4,12H,2-3,5H2,1H3,(H,13,14). The summed E-state index contributed by atoms with van der Waals surface area (Å²) in [5.74, 6) is -0.00119. The molecule has 6 heteroatoms. The highest BCUT2D eigenvalue weighted by molar-refractivity contribution is 9.10. The molecule has 0 bridgehead atoms. The largest absolute Gasteiger partial charge is 0.355 e. The van der Waals surface area contributed by atoms with Gasteiger partial charge in [-0.05, 0) is 22.0 Å². The fraction of sp³-hybridized carbons (Fsp3) is 0.444. The monoisotopic (exact) mass is 310 g/mol. The fourth-order valence-corrected chi connectivity index (χ4v) is 2.78. The SMILES string of the molecule is CC(=O)NCCNCc1cc(Br)c(Cl)s1. The zero-order valence-electron chi connectivity index (χ0n) is 8.27. The summed E-state index contributed by atoms with van der Waals surface area (Å²) in [5.41, 5.74) is 0. The van der Waals surface area contributed by atoms with Crippen LogP contribution in [0.4, 0.5) is 0 Å². The van der Waals surface area contributed by atoms with E-state index >= 15 is 0 Å². The molecular weight excluding hydrogens is 300 g/mol. The summed E-state index contributed by atoms with van der Waals surface area (Å²) < 4.78 is 1.71. The van der Waals surface area contributed by atoms with Crippen LogP contribution in [0.5, 0.6) is 0 Å². The van der Waals surface area contributed by atoms with E-state index in [2.05, 4.69) is 26.6 Å². The number of carbonyl (C=O) groups excluding carboxylic acids is 1. The van der Waals surface area contributed by atoms with Gasteiger partial charge in [-0.25, -0.2) is 0 Å². The van der Waals surface area contributed by atoms with Gasteiger partial charge in [0.2, 0.25) is 5.91 Å². The predicted octanol–water partition coefficient (Wildman–Crippen LogP) is 2.39. The number of hydrogen-bond acceptors (Lipinski definition) is 3. The van der Waals surface area contributed by atoms with Crippen LogP contribution in [0.3, 0.4) is 0 Å². The highest BCUT2D eigenvalue weighted by atomic mass is 79.9. The number of hydrogen-bond donors (Lipinski definition) is 2. The number of rotatable bonds is 5. The first-order valence-corrected chi connectivity index (χ1v) is 6.47. The van der Waals surface area contributed by atoms with Gasteiger partial charge in [0.25, 0.3) is 0 Å². The molecule has 0 atom stereocenters. The van der Waals surface area contributed by atoms with Crippen molar-refractivity contribution in [2.45, 2.75) is 13.5 Å². The van der Waals surface area contributed by atoms with Gasteiger partial charge >= 0.3 is 0 Å². The van der Waals surface area contributed by atoms with Crippen molar-refractivity contribution in [1.29, 1.82) is 0 Å². The van der Waals surface area contributed by atoms with Crippen molar-refractivity contribution in [3.8, 4) is 0 Å². The third-order valence-corrected chi connectivity index (χ3v) is 4.15. The Kier molecular flexibility index (Phi) is 5.60. The molecule has 84 valence electrons. The molecule has 0 spiro atoms. The summed E-state index contributed by atoms with van der Waals surface area (Å²) in [4.78, 5) is 11.7. The molecule has 0 saturated carbocycles. The summed E-state index contributed by atoms with van der Waals surface area (Å²) in [7, 11) is 0. The summed E-state index contributed by atoms with van der Waals surface area (Å²) in [6.07, 6.45) is 0. The Morgan fingerprint density at radius 3 is 2.87 bits per heavy atom. The van der Waals surface area contributed by atoms with E-state index < -0.39 is 0 Å². The van der Waals surface area contributed by atoms with Crippen molar-refractivity contribution in [3.05, 3.63) is 19.8 Å². The Morgan fingerprint density at radius 2 is 2.33 bits per heavy atom. The van der Waals surface area contributed by atoms with E-state index in [1.54, 1.807) is 11.3 Å². The normalized spacial score (nSPS) is 10.3. The quantitative estimate of drug-likeness (QED) is 0.820. The van der Waals surface area contributed by atoms with Gasteiger partial charge in [-0.15, -0.1) is 11.3 Å². The van der Waals surface area contributed by atoms with Crippen LogP contribution in [0.2, 0.25) is 4.34 Å². The molecule has 0 unspecified atom stereocenters. The highest BCUT2D eigenvalue weighted by Gasteiger charge is 2.03. The van der Waals surface area contributed by atoms with Crippen molar-refractivity contribution in [2.75, 3.05) is 13.1 Å². The lowest BCUT2D eigenvalue weighted by Crippen LogP contribution is -2.29. The first-order chi connectivity index (χ1) is 7.09. The van der Waals surface area contributed by atoms with E-state index in [0.717, 1.165) is 21.9 Å². The van der Waals surface area contributed by atoms with Gasteiger partial charge in [-0.3, -0.25) is 4.79 Å². The molecule has 1 rings (SSSR count). The van der Waals surface area contributed by atoms with Crippen LogP contribution in [0.1, 0.15) is 11.8 Å². The zero-order valence-corrected chi connectivity index (χ0v) is 11.4. The van der Waals surface area contributed by atoms with Crippen molar-refractivity contribution >= 4 is 44.8 Å². The minimum absolute atomic E-state index is 0.00119. The van der Waals surface area contributed by atoms with E-state index in [9.17, 15) is 4.79 Å². The first kappa shape index (κ1) is 13.0. The van der Waals surface area contributed by atoms with Crippen LogP contribution in [-0.2, 0) is 11.3 Å². The molecule has 0 aliphatic carbocycles. The lowest BCUT2D eigenvalue weighted by atomic mass is 10.4. The Labute approximate surface area is 106 Å². The van der Waals surface area contributed by atoms with Crippen molar-refractivity contribution in [3.63, 3.8) is 0 Å². The maximum absolute atomic E-state index is 10.6. The summed E-state index contributed by atoms with van der Waals surface area (Å²) >= 11 is 10.8. The van der Waals surface area contributed by atoms with Crippen molar-refractivity contribution in [1.82, 2.24) is 10.6 Å². The minimum Gasteiger partial charge on any atom is -0.355 e. The van der Waals surface area contributed by atoms with Crippen molar-refractivity contribution < 1.29 is 4.79 Å². The fourth-order valence-electron chi connectivity index (χ4n) is 1.02. The molecule has 0 aliphatic heterocycles. The lowest BCUT2D eigenvalue weighted by molar-refractivity contribution is -0.118. The van der Waals surface area contributed by atoms with E-state index in [0.29, 0.717) is 6.54 Å². The average Bonchev–Trinajstić information content (AvgIpc) is 2.45. The van der Waals surface area contributed by atoms with Crippen LogP contribution in [0.15, 0.2) is 10.5 Å². The highest BCUT2D eigenvalue weighted by Crippen LogP contribution is 2.31. The summed E-state index contributed by atoms with van der Waals surface area (Å²) in [6, 6.07) is 2.00. The van der Waals surface area contributed by atoms with Crippen LogP contribution in [0, 0.1) is 0 Å². The zero-order chi connectivity index (χ0) is 11.3. The summed E-state index contributed by atoms with van der Waals surface area (Å²) in [6.45, 7) is 3.69. The molecule has 1 aromatic rings. The Bertz CT molecular complexity index is 323. The van der Waals surface area contributed by atoms with Gasteiger partial charge in [0, 0.05) is 35.9 Å². The molecule has 1 aromatic heterocycles. The van der Waals surface area contributed by atoms with Crippen LogP contribution in [-0.4, -0.2) is 19.0 Å². The number of nitrogens with one attached hydrogen (secondary N) is 2.